The summed E-state index contributed by atoms with van der Waals surface area (Å²) in [5, 5.41) is 0. The molecule has 2 heterocycles. The van der Waals surface area contributed by atoms with E-state index in [0.717, 1.165) is 17.0 Å². The standard InChI is InChI=1S/C17H23BN2O3/c1-16(2)17(3,4)23-18(22-16)15-19-14(11-20(15)12-21-5)13-9-7-6-8-10-13/h6-11H,12H2,1-5H3. The number of hydrogen-bond acceptors (Lipinski definition) is 4. The first kappa shape index (κ1) is 16.2. The van der Waals surface area contributed by atoms with Gasteiger partial charge in [-0.05, 0) is 27.7 Å². The van der Waals surface area contributed by atoms with Crippen LogP contribution in [-0.2, 0) is 20.8 Å². The molecule has 1 fully saturated rings. The lowest BCUT2D eigenvalue weighted by molar-refractivity contribution is 0.00578. The van der Waals surface area contributed by atoms with E-state index in [0.29, 0.717) is 6.73 Å². The Morgan fingerprint density at radius 3 is 2.26 bits per heavy atom. The molecule has 0 atom stereocenters. The summed E-state index contributed by atoms with van der Waals surface area (Å²) >= 11 is 0. The molecule has 0 amide bonds. The van der Waals surface area contributed by atoms with Crippen LogP contribution in [-0.4, -0.2) is 35.0 Å². The Hall–Kier alpha value is -1.63. The molecule has 2 aromatic rings. The van der Waals surface area contributed by atoms with Crippen molar-refractivity contribution in [1.29, 1.82) is 0 Å². The Bertz CT molecular complexity index is 666. The van der Waals surface area contributed by atoms with Crippen LogP contribution < -0.4 is 5.72 Å². The van der Waals surface area contributed by atoms with Gasteiger partial charge in [-0.2, -0.15) is 0 Å². The molecule has 0 saturated carbocycles. The predicted molar refractivity (Wildman–Crippen MR) is 90.4 cm³/mol. The minimum Gasteiger partial charge on any atom is -0.397 e. The molecule has 6 heteroatoms. The van der Waals surface area contributed by atoms with Gasteiger partial charge in [0.05, 0.1) is 16.9 Å². The van der Waals surface area contributed by atoms with Crippen molar-refractivity contribution in [2.45, 2.75) is 45.6 Å². The molecule has 1 aliphatic rings. The third-order valence-electron chi connectivity index (χ3n) is 4.61. The predicted octanol–water partition coefficient (Wildman–Crippen LogP) is 2.45. The lowest BCUT2D eigenvalue weighted by Gasteiger charge is -2.32. The van der Waals surface area contributed by atoms with Crippen molar-refractivity contribution >= 4 is 12.8 Å². The van der Waals surface area contributed by atoms with E-state index in [2.05, 4.69) is 0 Å². The number of imidazole rings is 1. The monoisotopic (exact) mass is 314 g/mol. The Morgan fingerprint density at radius 1 is 1.09 bits per heavy atom. The number of methoxy groups -OCH3 is 1. The highest BCUT2D eigenvalue weighted by atomic mass is 16.7. The molecule has 0 bridgehead atoms. The number of nitrogens with zero attached hydrogens (tertiary/aromatic N) is 2. The van der Waals surface area contributed by atoms with Crippen LogP contribution >= 0.6 is 0 Å². The second kappa shape index (κ2) is 5.78. The minimum absolute atomic E-state index is 0.394. The molecule has 1 saturated heterocycles. The van der Waals surface area contributed by atoms with Gasteiger partial charge in [0.1, 0.15) is 12.5 Å². The zero-order chi connectivity index (χ0) is 16.7. The van der Waals surface area contributed by atoms with Gasteiger partial charge in [0.2, 0.25) is 0 Å². The van der Waals surface area contributed by atoms with E-state index in [1.807, 2.05) is 68.8 Å². The molecule has 0 aliphatic carbocycles. The molecule has 1 aromatic carbocycles. The summed E-state index contributed by atoms with van der Waals surface area (Å²) in [7, 11) is 1.16. The average molecular weight is 314 g/mol. The van der Waals surface area contributed by atoms with E-state index in [9.17, 15) is 0 Å². The van der Waals surface area contributed by atoms with Crippen molar-refractivity contribution in [2.75, 3.05) is 7.11 Å². The third-order valence-corrected chi connectivity index (χ3v) is 4.61. The number of aromatic nitrogens is 2. The van der Waals surface area contributed by atoms with Gasteiger partial charge in [0.15, 0.2) is 0 Å². The van der Waals surface area contributed by atoms with Crippen molar-refractivity contribution in [3.63, 3.8) is 0 Å². The Kier molecular flexibility index (Phi) is 4.08. The number of rotatable bonds is 4. The maximum Gasteiger partial charge on any atom is 0.532 e. The Balaban J connectivity index is 1.98. The maximum atomic E-state index is 6.13. The normalized spacial score (nSPS) is 19.3. The zero-order valence-electron chi connectivity index (χ0n) is 14.4. The first-order chi connectivity index (χ1) is 10.8. The van der Waals surface area contributed by atoms with Crippen LogP contribution in [0.15, 0.2) is 36.5 Å². The van der Waals surface area contributed by atoms with E-state index in [-0.39, 0.29) is 0 Å². The summed E-state index contributed by atoms with van der Waals surface area (Å²) in [6.45, 7) is 8.55. The van der Waals surface area contributed by atoms with Crippen molar-refractivity contribution in [2.24, 2.45) is 0 Å². The van der Waals surface area contributed by atoms with E-state index >= 15 is 0 Å². The van der Waals surface area contributed by atoms with Crippen molar-refractivity contribution in [1.82, 2.24) is 9.55 Å². The van der Waals surface area contributed by atoms with Gasteiger partial charge in [-0.15, -0.1) is 0 Å². The largest absolute Gasteiger partial charge is 0.532 e. The Labute approximate surface area is 137 Å². The SMILES string of the molecule is COCn1cc(-c2ccccc2)nc1B1OC(C)(C)C(C)(C)O1. The van der Waals surface area contributed by atoms with Gasteiger partial charge >= 0.3 is 7.12 Å². The highest BCUT2D eigenvalue weighted by molar-refractivity contribution is 6.60. The summed E-state index contributed by atoms with van der Waals surface area (Å²) in [4.78, 5) is 4.75. The highest BCUT2D eigenvalue weighted by Crippen LogP contribution is 2.36. The summed E-state index contributed by atoms with van der Waals surface area (Å²) in [6, 6.07) is 10.1. The lowest BCUT2D eigenvalue weighted by Crippen LogP contribution is -2.41. The van der Waals surface area contributed by atoms with Gasteiger partial charge in [0, 0.05) is 18.9 Å². The second-order valence-electron chi connectivity index (χ2n) is 6.83. The molecule has 23 heavy (non-hydrogen) atoms. The highest BCUT2D eigenvalue weighted by Gasteiger charge is 2.53. The molecule has 122 valence electrons. The number of benzene rings is 1. The molecule has 1 aliphatic heterocycles. The fourth-order valence-corrected chi connectivity index (χ4v) is 2.56. The van der Waals surface area contributed by atoms with Crippen LogP contribution in [0.25, 0.3) is 11.3 Å². The fraction of sp³-hybridized carbons (Fsp3) is 0.471. The topological polar surface area (TPSA) is 45.5 Å². The van der Waals surface area contributed by atoms with E-state index in [1.54, 1.807) is 7.11 Å². The Morgan fingerprint density at radius 2 is 1.70 bits per heavy atom. The minimum atomic E-state index is -0.507. The molecular weight excluding hydrogens is 291 g/mol. The van der Waals surface area contributed by atoms with Crippen molar-refractivity contribution in [3.8, 4) is 11.3 Å². The second-order valence-corrected chi connectivity index (χ2v) is 6.83. The van der Waals surface area contributed by atoms with Gasteiger partial charge in [-0.25, -0.2) is 4.98 Å². The van der Waals surface area contributed by atoms with Crippen LogP contribution in [0.5, 0.6) is 0 Å². The van der Waals surface area contributed by atoms with E-state index in [4.69, 9.17) is 19.0 Å². The van der Waals surface area contributed by atoms with Gasteiger partial charge in [-0.3, -0.25) is 0 Å². The van der Waals surface area contributed by atoms with Crippen LogP contribution in [0.3, 0.4) is 0 Å². The lowest BCUT2D eigenvalue weighted by atomic mass is 9.89. The van der Waals surface area contributed by atoms with E-state index < -0.39 is 18.3 Å². The zero-order valence-corrected chi connectivity index (χ0v) is 14.4. The van der Waals surface area contributed by atoms with Crippen molar-refractivity contribution in [3.05, 3.63) is 36.5 Å². The summed E-state index contributed by atoms with van der Waals surface area (Å²) in [6.07, 6.45) is 1.97. The number of hydrogen-bond donors (Lipinski definition) is 0. The van der Waals surface area contributed by atoms with Crippen LogP contribution in [0.4, 0.5) is 0 Å². The summed E-state index contributed by atoms with van der Waals surface area (Å²) in [5.41, 5.74) is 1.87. The maximum absolute atomic E-state index is 6.13. The first-order valence-corrected chi connectivity index (χ1v) is 7.81. The molecule has 1 aromatic heterocycles. The van der Waals surface area contributed by atoms with Crippen molar-refractivity contribution < 1.29 is 14.0 Å². The fourth-order valence-electron chi connectivity index (χ4n) is 2.56. The smallest absolute Gasteiger partial charge is 0.397 e. The third kappa shape index (κ3) is 2.94. The van der Waals surface area contributed by atoms with Crippen LogP contribution in [0.1, 0.15) is 27.7 Å². The molecule has 0 radical (unpaired) electrons. The van der Waals surface area contributed by atoms with E-state index in [1.165, 1.54) is 0 Å². The molecule has 3 rings (SSSR count). The van der Waals surface area contributed by atoms with Gasteiger partial charge < -0.3 is 18.6 Å². The first-order valence-electron chi connectivity index (χ1n) is 7.81. The average Bonchev–Trinajstić information content (AvgIpc) is 2.99. The molecule has 0 unspecified atom stereocenters. The molecule has 5 nitrogen and oxygen atoms in total. The summed E-state index contributed by atoms with van der Waals surface area (Å²) in [5.74, 6) is 0. The molecule has 0 N–H and O–H groups in total. The van der Waals surface area contributed by atoms with Gasteiger partial charge in [-0.1, -0.05) is 30.3 Å². The van der Waals surface area contributed by atoms with Gasteiger partial charge in [0.25, 0.3) is 0 Å². The molecule has 0 spiro atoms. The quantitative estimate of drug-likeness (QED) is 0.813. The van der Waals surface area contributed by atoms with Crippen LogP contribution in [0, 0.1) is 0 Å². The van der Waals surface area contributed by atoms with Crippen LogP contribution in [0.2, 0.25) is 0 Å². The summed E-state index contributed by atoms with van der Waals surface area (Å²) < 4.78 is 19.5. The number of ether oxygens (including phenoxy) is 1. The molecular formula is C17H23BN2O3.